The van der Waals surface area contributed by atoms with E-state index in [9.17, 15) is 14.1 Å². The molecular weight excluding hydrogens is 226 g/mol. The molecule has 84 valence electrons. The van der Waals surface area contributed by atoms with Crippen molar-refractivity contribution in [3.63, 3.8) is 0 Å². The molecule has 0 spiro atoms. The van der Waals surface area contributed by atoms with Crippen LogP contribution in [0, 0.1) is 0 Å². The molecule has 4 nitrogen and oxygen atoms in total. The van der Waals surface area contributed by atoms with Gasteiger partial charge >= 0.3 is 0 Å². The normalized spacial score (nSPS) is 12.9. The Morgan fingerprint density at radius 3 is 2.56 bits per heavy atom. The van der Waals surface area contributed by atoms with E-state index in [1.165, 1.54) is 10.8 Å². The molecule has 1 N–H and O–H groups in total. The van der Waals surface area contributed by atoms with Crippen LogP contribution in [0.3, 0.4) is 0 Å². The van der Waals surface area contributed by atoms with Gasteiger partial charge in [-0.2, -0.15) is 0 Å². The Kier molecular flexibility index (Phi) is 2.55. The number of hydrogen-bond donors (Lipinski definition) is 1. The number of rotatable bonds is 1. The van der Waals surface area contributed by atoms with Crippen molar-refractivity contribution in [2.24, 2.45) is 7.05 Å². The summed E-state index contributed by atoms with van der Waals surface area (Å²) in [6.07, 6.45) is 1.38. The zero-order chi connectivity index (χ0) is 11.9. The van der Waals surface area contributed by atoms with E-state index in [0.29, 0.717) is 10.9 Å². The third-order valence-electron chi connectivity index (χ3n) is 2.52. The number of aromatic hydroxyl groups is 1. The fraction of sp³-hybridized carbons (Fsp3) is 0.182. The first-order valence-electron chi connectivity index (χ1n) is 4.68. The fourth-order valence-corrected chi connectivity index (χ4v) is 2.48. The maximum absolute atomic E-state index is 11.9. The molecule has 0 unspecified atom stereocenters. The summed E-state index contributed by atoms with van der Waals surface area (Å²) in [5, 5.41) is 10.5. The largest absolute Gasteiger partial charge is 0.506 e. The molecule has 1 atom stereocenters. The van der Waals surface area contributed by atoms with Gasteiger partial charge in [0.05, 0.1) is 16.3 Å². The number of nitrogens with zero attached hydrogens (tertiary/aromatic N) is 1. The summed E-state index contributed by atoms with van der Waals surface area (Å²) < 4.78 is 12.8. The third kappa shape index (κ3) is 1.44. The second-order valence-corrected chi connectivity index (χ2v) is 4.83. The number of fused-ring (bicyclic) bond motifs is 1. The molecule has 16 heavy (non-hydrogen) atoms. The van der Waals surface area contributed by atoms with E-state index in [-0.39, 0.29) is 10.6 Å². The van der Waals surface area contributed by atoms with Gasteiger partial charge in [0.15, 0.2) is 0 Å². The zero-order valence-corrected chi connectivity index (χ0v) is 9.75. The smallest absolute Gasteiger partial charge is 0.270 e. The molecule has 2 aromatic rings. The molecule has 0 saturated carbocycles. The van der Waals surface area contributed by atoms with Crippen LogP contribution >= 0.6 is 0 Å². The lowest BCUT2D eigenvalue weighted by atomic mass is 10.2. The molecule has 0 saturated heterocycles. The quantitative estimate of drug-likeness (QED) is 0.804. The van der Waals surface area contributed by atoms with E-state index >= 15 is 0 Å². The van der Waals surface area contributed by atoms with Crippen LogP contribution in [-0.2, 0) is 17.8 Å². The van der Waals surface area contributed by atoms with Crippen molar-refractivity contribution in [1.29, 1.82) is 0 Å². The van der Waals surface area contributed by atoms with Gasteiger partial charge in [0.1, 0.15) is 10.6 Å². The highest BCUT2D eigenvalue weighted by Gasteiger charge is 2.16. The first kappa shape index (κ1) is 10.9. The van der Waals surface area contributed by atoms with E-state index in [2.05, 4.69) is 0 Å². The highest BCUT2D eigenvalue weighted by molar-refractivity contribution is 7.84. The average Bonchev–Trinajstić information content (AvgIpc) is 2.26. The standard InChI is InChI=1S/C11H11NO3S/c1-12-8-6-4-3-5-7(8)9(13)10(11(12)14)16(2)15/h3-6,13H,1-2H3/t16-/m1/s1. The van der Waals surface area contributed by atoms with Gasteiger partial charge in [-0.25, -0.2) is 0 Å². The number of aromatic nitrogens is 1. The summed E-state index contributed by atoms with van der Waals surface area (Å²) in [7, 11) is 0.0959. The minimum Gasteiger partial charge on any atom is -0.506 e. The summed E-state index contributed by atoms with van der Waals surface area (Å²) >= 11 is 0. The van der Waals surface area contributed by atoms with Crippen molar-refractivity contribution in [3.05, 3.63) is 34.6 Å². The van der Waals surface area contributed by atoms with Crippen LogP contribution in [-0.4, -0.2) is 20.1 Å². The maximum atomic E-state index is 11.9. The summed E-state index contributed by atoms with van der Waals surface area (Å²) in [6, 6.07) is 6.97. The minimum absolute atomic E-state index is 0.0406. The number of benzene rings is 1. The minimum atomic E-state index is -1.50. The van der Waals surface area contributed by atoms with Crippen LogP contribution in [0.4, 0.5) is 0 Å². The first-order valence-corrected chi connectivity index (χ1v) is 6.24. The number of hydrogen-bond acceptors (Lipinski definition) is 3. The van der Waals surface area contributed by atoms with Gasteiger partial charge in [-0.15, -0.1) is 0 Å². The van der Waals surface area contributed by atoms with Gasteiger partial charge < -0.3 is 9.67 Å². The van der Waals surface area contributed by atoms with Crippen LogP contribution in [0.15, 0.2) is 34.0 Å². The van der Waals surface area contributed by atoms with E-state index in [4.69, 9.17) is 0 Å². The zero-order valence-electron chi connectivity index (χ0n) is 8.93. The fourth-order valence-electron chi connectivity index (χ4n) is 1.71. The molecule has 0 aliphatic heterocycles. The molecular formula is C11H11NO3S. The van der Waals surface area contributed by atoms with Crippen LogP contribution in [0.1, 0.15) is 0 Å². The third-order valence-corrected chi connectivity index (χ3v) is 3.46. The van der Waals surface area contributed by atoms with Crippen molar-refractivity contribution in [3.8, 4) is 5.75 Å². The first-order chi connectivity index (χ1) is 7.54. The lowest BCUT2D eigenvalue weighted by Gasteiger charge is -2.09. The molecule has 0 aliphatic carbocycles. The summed E-state index contributed by atoms with van der Waals surface area (Å²) in [4.78, 5) is 11.8. The monoisotopic (exact) mass is 237 g/mol. The van der Waals surface area contributed by atoms with Gasteiger partial charge in [0, 0.05) is 18.7 Å². The van der Waals surface area contributed by atoms with E-state index in [1.54, 1.807) is 31.3 Å². The van der Waals surface area contributed by atoms with Gasteiger partial charge in [0.2, 0.25) is 0 Å². The molecule has 1 aromatic heterocycles. The molecule has 1 aromatic carbocycles. The molecule has 0 fully saturated rings. The molecule has 0 aliphatic rings. The average molecular weight is 237 g/mol. The topological polar surface area (TPSA) is 59.3 Å². The summed E-state index contributed by atoms with van der Waals surface area (Å²) in [5.41, 5.74) is 0.205. The predicted molar refractivity (Wildman–Crippen MR) is 63.2 cm³/mol. The number of para-hydroxylation sites is 1. The molecule has 0 radical (unpaired) electrons. The van der Waals surface area contributed by atoms with Crippen molar-refractivity contribution >= 4 is 21.7 Å². The van der Waals surface area contributed by atoms with Crippen LogP contribution in [0.25, 0.3) is 10.9 Å². The molecule has 2 rings (SSSR count). The highest BCUT2D eigenvalue weighted by atomic mass is 32.2. The second-order valence-electron chi connectivity index (χ2n) is 3.51. The molecule has 0 amide bonds. The molecule has 5 heteroatoms. The van der Waals surface area contributed by atoms with Crippen LogP contribution in [0.2, 0.25) is 0 Å². The summed E-state index contributed by atoms with van der Waals surface area (Å²) in [6.45, 7) is 0. The number of aryl methyl sites for hydroxylation is 1. The Labute approximate surface area is 94.6 Å². The SMILES string of the molecule is Cn1c(=O)c([S@@](C)=O)c(O)c2ccccc21. The van der Waals surface area contributed by atoms with Gasteiger partial charge in [-0.3, -0.25) is 9.00 Å². The van der Waals surface area contributed by atoms with E-state index in [1.807, 2.05) is 0 Å². The lowest BCUT2D eigenvalue weighted by molar-refractivity contribution is 0.464. The highest BCUT2D eigenvalue weighted by Crippen LogP contribution is 2.26. The van der Waals surface area contributed by atoms with Crippen molar-refractivity contribution < 1.29 is 9.32 Å². The van der Waals surface area contributed by atoms with Crippen molar-refractivity contribution in [1.82, 2.24) is 4.57 Å². The Hall–Kier alpha value is -1.62. The lowest BCUT2D eigenvalue weighted by Crippen LogP contribution is -2.21. The summed E-state index contributed by atoms with van der Waals surface area (Å²) in [5.74, 6) is -0.181. The van der Waals surface area contributed by atoms with Crippen LogP contribution in [0.5, 0.6) is 5.75 Å². The Balaban J connectivity index is 3.07. The van der Waals surface area contributed by atoms with E-state index < -0.39 is 16.4 Å². The van der Waals surface area contributed by atoms with Crippen molar-refractivity contribution in [2.75, 3.05) is 6.26 Å². The predicted octanol–water partition coefficient (Wildman–Crippen LogP) is 0.981. The maximum Gasteiger partial charge on any atom is 0.270 e. The van der Waals surface area contributed by atoms with E-state index in [0.717, 1.165) is 0 Å². The molecule has 1 heterocycles. The second kappa shape index (κ2) is 3.75. The number of pyridine rings is 1. The van der Waals surface area contributed by atoms with Crippen molar-refractivity contribution in [2.45, 2.75) is 4.90 Å². The Morgan fingerprint density at radius 1 is 1.31 bits per heavy atom. The Morgan fingerprint density at radius 2 is 1.94 bits per heavy atom. The van der Waals surface area contributed by atoms with Crippen LogP contribution < -0.4 is 5.56 Å². The van der Waals surface area contributed by atoms with Gasteiger partial charge in [-0.05, 0) is 12.1 Å². The Bertz CT molecular complexity index is 645. The van der Waals surface area contributed by atoms with Gasteiger partial charge in [-0.1, -0.05) is 12.1 Å². The molecule has 0 bridgehead atoms. The van der Waals surface area contributed by atoms with Gasteiger partial charge in [0.25, 0.3) is 5.56 Å².